The number of nitrogens with one attached hydrogen (secondary N) is 2. The van der Waals surface area contributed by atoms with Crippen molar-refractivity contribution in [1.82, 2.24) is 15.5 Å². The largest absolute Gasteiger partial charge is 0.325 e. The molecule has 0 aromatic heterocycles. The Balaban J connectivity index is 1.86. The van der Waals surface area contributed by atoms with Gasteiger partial charge in [-0.05, 0) is 24.6 Å². The Hall–Kier alpha value is -2.39. The third-order valence-corrected chi connectivity index (χ3v) is 3.87. The molecular weight excluding hydrogens is 256 g/mol. The Morgan fingerprint density at radius 2 is 2.15 bits per heavy atom. The summed E-state index contributed by atoms with van der Waals surface area (Å²) in [4.78, 5) is 25.7. The molecular formula is C14H14N4O2. The molecule has 20 heavy (non-hydrogen) atoms. The van der Waals surface area contributed by atoms with Crippen LogP contribution in [0.5, 0.6) is 0 Å². The lowest BCUT2D eigenvalue weighted by Gasteiger charge is -2.19. The van der Waals surface area contributed by atoms with Gasteiger partial charge < -0.3 is 10.6 Å². The number of carbonyl (C=O) groups is 2. The number of imide groups is 1. The molecule has 1 aromatic rings. The highest BCUT2D eigenvalue weighted by Gasteiger charge is 2.52. The molecule has 0 aliphatic carbocycles. The van der Waals surface area contributed by atoms with Gasteiger partial charge in [0.15, 0.2) is 0 Å². The minimum Gasteiger partial charge on any atom is -0.322 e. The highest BCUT2D eigenvalue weighted by atomic mass is 16.2. The average Bonchev–Trinajstić information content (AvgIpc) is 3.01. The summed E-state index contributed by atoms with van der Waals surface area (Å²) in [6, 6.07) is 8.69. The summed E-state index contributed by atoms with van der Waals surface area (Å²) in [6.07, 6.45) is 0.605. The van der Waals surface area contributed by atoms with Crippen molar-refractivity contribution >= 4 is 11.9 Å². The van der Waals surface area contributed by atoms with E-state index >= 15 is 0 Å². The topological polar surface area (TPSA) is 85.2 Å². The van der Waals surface area contributed by atoms with Crippen LogP contribution in [0.25, 0.3) is 0 Å². The van der Waals surface area contributed by atoms with Crippen molar-refractivity contribution in [3.63, 3.8) is 0 Å². The Labute approximate surface area is 116 Å². The molecule has 6 nitrogen and oxygen atoms in total. The molecule has 1 unspecified atom stereocenters. The zero-order valence-corrected chi connectivity index (χ0v) is 10.8. The minimum atomic E-state index is -0.793. The number of amides is 3. The van der Waals surface area contributed by atoms with Crippen molar-refractivity contribution in [3.05, 3.63) is 35.4 Å². The minimum absolute atomic E-state index is 0.135. The first kappa shape index (κ1) is 12.6. The van der Waals surface area contributed by atoms with E-state index in [9.17, 15) is 9.59 Å². The fraction of sp³-hybridized carbons (Fsp3) is 0.357. The van der Waals surface area contributed by atoms with Crippen molar-refractivity contribution in [2.24, 2.45) is 0 Å². The first-order valence-corrected chi connectivity index (χ1v) is 6.49. The SMILES string of the molecule is N#Cc1ccccc1CN1C(=O)NC2(CCNC2)C1=O. The quantitative estimate of drug-likeness (QED) is 0.759. The lowest BCUT2D eigenvalue weighted by Crippen LogP contribution is -2.48. The standard InChI is InChI=1S/C14H14N4O2/c15-7-10-3-1-2-4-11(10)8-18-12(19)14(17-13(18)20)5-6-16-9-14/h1-4,16H,5-6,8-9H2,(H,17,20). The molecule has 2 saturated heterocycles. The lowest BCUT2D eigenvalue weighted by atomic mass is 9.99. The van der Waals surface area contributed by atoms with E-state index in [4.69, 9.17) is 5.26 Å². The second-order valence-electron chi connectivity index (χ2n) is 5.10. The molecule has 3 amide bonds. The summed E-state index contributed by atoms with van der Waals surface area (Å²) in [7, 11) is 0. The summed E-state index contributed by atoms with van der Waals surface area (Å²) in [5, 5.41) is 14.9. The lowest BCUT2D eigenvalue weighted by molar-refractivity contribution is -0.131. The Kier molecular flexibility index (Phi) is 2.92. The normalized spacial score (nSPS) is 25.1. The van der Waals surface area contributed by atoms with Crippen molar-refractivity contribution in [2.45, 2.75) is 18.5 Å². The van der Waals surface area contributed by atoms with E-state index in [0.29, 0.717) is 30.6 Å². The zero-order chi connectivity index (χ0) is 14.2. The van der Waals surface area contributed by atoms with Gasteiger partial charge in [0.1, 0.15) is 5.54 Å². The molecule has 2 N–H and O–H groups in total. The fourth-order valence-electron chi connectivity index (χ4n) is 2.74. The van der Waals surface area contributed by atoms with Gasteiger partial charge in [-0.1, -0.05) is 18.2 Å². The Morgan fingerprint density at radius 3 is 2.85 bits per heavy atom. The van der Waals surface area contributed by atoms with Crippen LogP contribution < -0.4 is 10.6 Å². The van der Waals surface area contributed by atoms with Crippen molar-refractivity contribution in [2.75, 3.05) is 13.1 Å². The number of benzene rings is 1. The van der Waals surface area contributed by atoms with Crippen LogP contribution >= 0.6 is 0 Å². The molecule has 2 heterocycles. The fourth-order valence-corrected chi connectivity index (χ4v) is 2.74. The van der Waals surface area contributed by atoms with Crippen molar-refractivity contribution < 1.29 is 9.59 Å². The molecule has 2 aliphatic rings. The van der Waals surface area contributed by atoms with Gasteiger partial charge in [-0.2, -0.15) is 5.26 Å². The summed E-state index contributed by atoms with van der Waals surface area (Å²) in [5.74, 6) is -0.208. The van der Waals surface area contributed by atoms with Crippen LogP contribution in [0, 0.1) is 11.3 Å². The number of urea groups is 1. The molecule has 1 spiro atoms. The summed E-state index contributed by atoms with van der Waals surface area (Å²) >= 11 is 0. The summed E-state index contributed by atoms with van der Waals surface area (Å²) < 4.78 is 0. The van der Waals surface area contributed by atoms with E-state index in [1.165, 1.54) is 4.90 Å². The van der Waals surface area contributed by atoms with Crippen LogP contribution in [-0.2, 0) is 11.3 Å². The molecule has 102 valence electrons. The molecule has 1 aromatic carbocycles. The number of carbonyl (C=O) groups excluding carboxylic acids is 2. The van der Waals surface area contributed by atoms with Crippen LogP contribution in [0.1, 0.15) is 17.5 Å². The summed E-state index contributed by atoms with van der Waals surface area (Å²) in [6.45, 7) is 1.32. The highest BCUT2D eigenvalue weighted by molar-refractivity contribution is 6.07. The molecule has 1 atom stereocenters. The first-order valence-electron chi connectivity index (χ1n) is 6.49. The second-order valence-corrected chi connectivity index (χ2v) is 5.10. The van der Waals surface area contributed by atoms with E-state index in [0.717, 1.165) is 0 Å². The van der Waals surface area contributed by atoms with Gasteiger partial charge in [-0.15, -0.1) is 0 Å². The van der Waals surface area contributed by atoms with Crippen LogP contribution in [0.3, 0.4) is 0 Å². The second kappa shape index (κ2) is 4.62. The molecule has 0 radical (unpaired) electrons. The molecule has 2 fully saturated rings. The van der Waals surface area contributed by atoms with Crippen LogP contribution in [0.4, 0.5) is 4.79 Å². The number of nitriles is 1. The maximum absolute atomic E-state index is 12.5. The van der Waals surface area contributed by atoms with Crippen LogP contribution in [0.15, 0.2) is 24.3 Å². The van der Waals surface area contributed by atoms with E-state index < -0.39 is 5.54 Å². The van der Waals surface area contributed by atoms with Crippen molar-refractivity contribution in [1.29, 1.82) is 5.26 Å². The molecule has 3 rings (SSSR count). The maximum atomic E-state index is 12.5. The van der Waals surface area contributed by atoms with Gasteiger partial charge in [0.05, 0.1) is 18.2 Å². The summed E-state index contributed by atoms with van der Waals surface area (Å²) in [5.41, 5.74) is 0.374. The highest BCUT2D eigenvalue weighted by Crippen LogP contribution is 2.26. The number of nitrogens with zero attached hydrogens (tertiary/aromatic N) is 2. The predicted molar refractivity (Wildman–Crippen MR) is 70.5 cm³/mol. The molecule has 0 saturated carbocycles. The van der Waals surface area contributed by atoms with E-state index in [1.807, 2.05) is 0 Å². The van der Waals surface area contributed by atoms with E-state index in [1.54, 1.807) is 24.3 Å². The van der Waals surface area contributed by atoms with Gasteiger partial charge in [0.25, 0.3) is 5.91 Å². The monoisotopic (exact) mass is 270 g/mol. The predicted octanol–water partition coefficient (Wildman–Crippen LogP) is 0.342. The smallest absolute Gasteiger partial charge is 0.322 e. The van der Waals surface area contributed by atoms with E-state index in [-0.39, 0.29) is 18.5 Å². The van der Waals surface area contributed by atoms with Gasteiger partial charge in [-0.3, -0.25) is 9.69 Å². The third-order valence-electron chi connectivity index (χ3n) is 3.87. The molecule has 6 heteroatoms. The van der Waals surface area contributed by atoms with Crippen LogP contribution in [0.2, 0.25) is 0 Å². The Morgan fingerprint density at radius 1 is 1.35 bits per heavy atom. The first-order chi connectivity index (χ1) is 9.66. The van der Waals surface area contributed by atoms with Gasteiger partial charge >= 0.3 is 6.03 Å². The molecule has 2 aliphatic heterocycles. The third kappa shape index (κ3) is 1.84. The zero-order valence-electron chi connectivity index (χ0n) is 10.8. The number of rotatable bonds is 2. The number of hydrogen-bond acceptors (Lipinski definition) is 4. The average molecular weight is 270 g/mol. The van der Waals surface area contributed by atoms with E-state index in [2.05, 4.69) is 16.7 Å². The van der Waals surface area contributed by atoms with Gasteiger partial charge in [-0.25, -0.2) is 4.79 Å². The van der Waals surface area contributed by atoms with Gasteiger partial charge in [0.2, 0.25) is 0 Å². The molecule has 0 bridgehead atoms. The maximum Gasteiger partial charge on any atom is 0.325 e. The van der Waals surface area contributed by atoms with Gasteiger partial charge in [0, 0.05) is 6.54 Å². The van der Waals surface area contributed by atoms with Crippen LogP contribution in [-0.4, -0.2) is 35.5 Å². The number of hydrogen-bond donors (Lipinski definition) is 2. The van der Waals surface area contributed by atoms with Crippen molar-refractivity contribution in [3.8, 4) is 6.07 Å². The Bertz CT molecular complexity index is 614.